The first kappa shape index (κ1) is 23.5. The van der Waals surface area contributed by atoms with Crippen LogP contribution in [-0.2, 0) is 19.4 Å². The summed E-state index contributed by atoms with van der Waals surface area (Å²) >= 11 is 0. The SMILES string of the molecule is COc1ccc2c(c1)CCC(NC(=O)NCc1ccc(OC)c(OC)c1)C2Cc1ccccc1. The summed E-state index contributed by atoms with van der Waals surface area (Å²) in [7, 11) is 4.90. The Kier molecular flexibility index (Phi) is 7.58. The molecule has 2 atom stereocenters. The molecule has 0 fully saturated rings. The van der Waals surface area contributed by atoms with E-state index >= 15 is 0 Å². The molecule has 6 heteroatoms. The summed E-state index contributed by atoms with van der Waals surface area (Å²) in [6.07, 6.45) is 2.64. The minimum atomic E-state index is -0.171. The lowest BCUT2D eigenvalue weighted by atomic mass is 9.76. The maximum absolute atomic E-state index is 12.9. The van der Waals surface area contributed by atoms with Crippen LogP contribution in [-0.4, -0.2) is 33.4 Å². The molecule has 3 aromatic rings. The summed E-state index contributed by atoms with van der Waals surface area (Å²) in [5, 5.41) is 6.24. The highest BCUT2D eigenvalue weighted by Gasteiger charge is 2.31. The number of rotatable bonds is 8. The second-order valence-electron chi connectivity index (χ2n) is 8.52. The predicted octanol–water partition coefficient (Wildman–Crippen LogP) is 4.85. The molecule has 0 aromatic heterocycles. The number of benzene rings is 3. The summed E-state index contributed by atoms with van der Waals surface area (Å²) < 4.78 is 16.1. The average molecular weight is 461 g/mol. The standard InChI is InChI=1S/C28H32N2O4/c1-32-22-11-12-23-21(17-22)10-13-25(24(23)15-19-7-5-4-6-8-19)30-28(31)29-18-20-9-14-26(33-2)27(16-20)34-3/h4-9,11-12,14,16-17,24-25H,10,13,15,18H2,1-3H3,(H2,29,30,31). The van der Waals surface area contributed by atoms with Gasteiger partial charge < -0.3 is 24.8 Å². The fraction of sp³-hybridized carbons (Fsp3) is 0.321. The Morgan fingerprint density at radius 3 is 2.41 bits per heavy atom. The number of urea groups is 1. The summed E-state index contributed by atoms with van der Waals surface area (Å²) in [6, 6.07) is 22.2. The predicted molar refractivity (Wildman–Crippen MR) is 133 cm³/mol. The van der Waals surface area contributed by atoms with Crippen LogP contribution in [0.15, 0.2) is 66.7 Å². The monoisotopic (exact) mass is 460 g/mol. The maximum atomic E-state index is 12.9. The van der Waals surface area contributed by atoms with Gasteiger partial charge in [0.25, 0.3) is 0 Å². The topological polar surface area (TPSA) is 68.8 Å². The van der Waals surface area contributed by atoms with E-state index in [0.29, 0.717) is 18.0 Å². The summed E-state index contributed by atoms with van der Waals surface area (Å²) in [6.45, 7) is 0.399. The molecule has 178 valence electrons. The summed E-state index contributed by atoms with van der Waals surface area (Å²) in [5.74, 6) is 2.36. The first-order valence-corrected chi connectivity index (χ1v) is 11.6. The largest absolute Gasteiger partial charge is 0.497 e. The van der Waals surface area contributed by atoms with E-state index in [9.17, 15) is 4.79 Å². The molecule has 2 unspecified atom stereocenters. The van der Waals surface area contributed by atoms with Crippen molar-refractivity contribution in [1.82, 2.24) is 10.6 Å². The van der Waals surface area contributed by atoms with E-state index in [-0.39, 0.29) is 18.0 Å². The molecule has 0 bridgehead atoms. The van der Waals surface area contributed by atoms with E-state index in [1.807, 2.05) is 30.3 Å². The molecule has 0 saturated heterocycles. The Labute approximate surface area is 201 Å². The Balaban J connectivity index is 1.47. The van der Waals surface area contributed by atoms with Crippen molar-refractivity contribution >= 4 is 6.03 Å². The van der Waals surface area contributed by atoms with Crippen LogP contribution in [0.3, 0.4) is 0 Å². The van der Waals surface area contributed by atoms with Gasteiger partial charge in [-0.05, 0) is 65.8 Å². The summed E-state index contributed by atoms with van der Waals surface area (Å²) in [4.78, 5) is 12.9. The van der Waals surface area contributed by atoms with Gasteiger partial charge in [-0.15, -0.1) is 0 Å². The third-order valence-electron chi connectivity index (χ3n) is 6.48. The number of aryl methyl sites for hydroxylation is 1. The zero-order chi connectivity index (χ0) is 23.9. The Bertz CT molecular complexity index is 1120. The van der Waals surface area contributed by atoms with Gasteiger partial charge in [0.15, 0.2) is 11.5 Å². The van der Waals surface area contributed by atoms with Gasteiger partial charge in [-0.2, -0.15) is 0 Å². The maximum Gasteiger partial charge on any atom is 0.315 e. The highest BCUT2D eigenvalue weighted by atomic mass is 16.5. The van der Waals surface area contributed by atoms with Crippen LogP contribution in [0.1, 0.15) is 34.6 Å². The number of amides is 2. The lowest BCUT2D eigenvalue weighted by Crippen LogP contribution is -2.46. The Hall–Kier alpha value is -3.67. The van der Waals surface area contributed by atoms with Gasteiger partial charge in [0.1, 0.15) is 5.75 Å². The number of carbonyl (C=O) groups is 1. The van der Waals surface area contributed by atoms with E-state index in [1.54, 1.807) is 21.3 Å². The van der Waals surface area contributed by atoms with Crippen molar-refractivity contribution in [2.45, 2.75) is 37.8 Å². The molecule has 3 aromatic carbocycles. The minimum absolute atomic E-state index is 0.0338. The fourth-order valence-electron chi connectivity index (χ4n) is 4.70. The first-order valence-electron chi connectivity index (χ1n) is 11.6. The average Bonchev–Trinajstić information content (AvgIpc) is 2.88. The Morgan fingerprint density at radius 2 is 1.68 bits per heavy atom. The molecular weight excluding hydrogens is 428 g/mol. The molecular formula is C28H32N2O4. The van der Waals surface area contributed by atoms with Crippen molar-refractivity contribution in [3.05, 3.63) is 89.0 Å². The van der Waals surface area contributed by atoms with Gasteiger partial charge in [-0.25, -0.2) is 4.79 Å². The van der Waals surface area contributed by atoms with Gasteiger partial charge in [0, 0.05) is 18.5 Å². The van der Waals surface area contributed by atoms with Gasteiger partial charge >= 0.3 is 6.03 Å². The number of carbonyl (C=O) groups excluding carboxylic acids is 1. The van der Waals surface area contributed by atoms with Crippen LogP contribution in [0.5, 0.6) is 17.2 Å². The van der Waals surface area contributed by atoms with Gasteiger partial charge in [-0.1, -0.05) is 42.5 Å². The smallest absolute Gasteiger partial charge is 0.315 e. The fourth-order valence-corrected chi connectivity index (χ4v) is 4.70. The number of hydrogen-bond donors (Lipinski definition) is 2. The van der Waals surface area contributed by atoms with Crippen LogP contribution in [0, 0.1) is 0 Å². The van der Waals surface area contributed by atoms with Crippen LogP contribution in [0.4, 0.5) is 4.79 Å². The van der Waals surface area contributed by atoms with Crippen LogP contribution < -0.4 is 24.8 Å². The van der Waals surface area contributed by atoms with Crippen molar-refractivity contribution in [3.63, 3.8) is 0 Å². The third-order valence-corrected chi connectivity index (χ3v) is 6.48. The van der Waals surface area contributed by atoms with Crippen molar-refractivity contribution in [3.8, 4) is 17.2 Å². The number of nitrogens with one attached hydrogen (secondary N) is 2. The van der Waals surface area contributed by atoms with E-state index in [4.69, 9.17) is 14.2 Å². The highest BCUT2D eigenvalue weighted by Crippen LogP contribution is 2.36. The highest BCUT2D eigenvalue weighted by molar-refractivity contribution is 5.74. The van der Waals surface area contributed by atoms with E-state index < -0.39 is 0 Å². The van der Waals surface area contributed by atoms with Crippen LogP contribution >= 0.6 is 0 Å². The molecule has 34 heavy (non-hydrogen) atoms. The van der Waals surface area contributed by atoms with Crippen molar-refractivity contribution < 1.29 is 19.0 Å². The molecule has 0 heterocycles. The van der Waals surface area contributed by atoms with Gasteiger partial charge in [0.05, 0.1) is 21.3 Å². The number of methoxy groups -OCH3 is 3. The third kappa shape index (κ3) is 5.45. The van der Waals surface area contributed by atoms with Crippen LogP contribution in [0.2, 0.25) is 0 Å². The molecule has 6 nitrogen and oxygen atoms in total. The lowest BCUT2D eigenvalue weighted by Gasteiger charge is -2.34. The quantitative estimate of drug-likeness (QED) is 0.504. The zero-order valence-corrected chi connectivity index (χ0v) is 20.0. The molecule has 0 aliphatic heterocycles. The zero-order valence-electron chi connectivity index (χ0n) is 20.0. The lowest BCUT2D eigenvalue weighted by molar-refractivity contribution is 0.232. The van der Waals surface area contributed by atoms with Gasteiger partial charge in [0.2, 0.25) is 0 Å². The van der Waals surface area contributed by atoms with E-state index in [1.165, 1.54) is 16.7 Å². The molecule has 1 aliphatic rings. The molecule has 2 N–H and O–H groups in total. The van der Waals surface area contributed by atoms with Gasteiger partial charge in [-0.3, -0.25) is 0 Å². The van der Waals surface area contributed by atoms with E-state index in [0.717, 1.165) is 30.6 Å². The summed E-state index contributed by atoms with van der Waals surface area (Å²) in [5.41, 5.74) is 4.77. The van der Waals surface area contributed by atoms with Crippen molar-refractivity contribution in [2.75, 3.05) is 21.3 Å². The number of fused-ring (bicyclic) bond motifs is 1. The number of hydrogen-bond acceptors (Lipinski definition) is 4. The Morgan fingerprint density at radius 1 is 0.882 bits per heavy atom. The second kappa shape index (κ2) is 11.0. The van der Waals surface area contributed by atoms with Crippen molar-refractivity contribution in [2.24, 2.45) is 0 Å². The molecule has 1 aliphatic carbocycles. The number of ether oxygens (including phenoxy) is 3. The molecule has 2 amide bonds. The normalized spacial score (nSPS) is 16.8. The molecule has 0 spiro atoms. The van der Waals surface area contributed by atoms with Crippen LogP contribution in [0.25, 0.3) is 0 Å². The molecule has 4 rings (SSSR count). The van der Waals surface area contributed by atoms with E-state index in [2.05, 4.69) is 47.0 Å². The minimum Gasteiger partial charge on any atom is -0.497 e. The first-order chi connectivity index (χ1) is 16.6. The second-order valence-corrected chi connectivity index (χ2v) is 8.52. The molecule has 0 saturated carbocycles. The van der Waals surface area contributed by atoms with Crippen molar-refractivity contribution in [1.29, 1.82) is 0 Å². The molecule has 0 radical (unpaired) electrons.